The van der Waals surface area contributed by atoms with Gasteiger partial charge in [0.1, 0.15) is 6.04 Å². The molecule has 0 radical (unpaired) electrons. The summed E-state index contributed by atoms with van der Waals surface area (Å²) in [6.45, 7) is 3.63. The van der Waals surface area contributed by atoms with Gasteiger partial charge in [-0.15, -0.1) is 0 Å². The van der Waals surface area contributed by atoms with Gasteiger partial charge < -0.3 is 0 Å². The summed E-state index contributed by atoms with van der Waals surface area (Å²) in [7, 11) is -4.03. The lowest BCUT2D eigenvalue weighted by Gasteiger charge is -2.20. The summed E-state index contributed by atoms with van der Waals surface area (Å²) < 4.78 is 65.6. The monoisotopic (exact) mass is 442 g/mol. The zero-order valence-corrected chi connectivity index (χ0v) is 17.0. The van der Waals surface area contributed by atoms with Crippen molar-refractivity contribution in [3.05, 3.63) is 54.1 Å². The summed E-state index contributed by atoms with van der Waals surface area (Å²) in [5.41, 5.74) is 0.274. The predicted octanol–water partition coefficient (Wildman–Crippen LogP) is 3.67. The lowest BCUT2D eigenvalue weighted by atomic mass is 10.0. The second kappa shape index (κ2) is 8.01. The molecule has 0 unspecified atom stereocenters. The summed E-state index contributed by atoms with van der Waals surface area (Å²) in [5.74, 6) is -0.755. The van der Waals surface area contributed by atoms with Crippen LogP contribution in [0.5, 0.6) is 0 Å². The fourth-order valence-corrected chi connectivity index (χ4v) is 4.55. The molecule has 162 valence electrons. The second-order valence-electron chi connectivity index (χ2n) is 7.50. The highest BCUT2D eigenvalue weighted by Gasteiger charge is 2.42. The number of carbonyl (C=O) groups excluding carboxylic acids is 1. The smallest absolute Gasteiger partial charge is 0.286 e. The Kier molecular flexibility index (Phi) is 5.94. The van der Waals surface area contributed by atoms with Gasteiger partial charge in [0.25, 0.3) is 5.91 Å². The molecule has 3 rings (SSSR count). The average molecular weight is 442 g/mol. The van der Waals surface area contributed by atoms with Crippen LogP contribution in [-0.4, -0.2) is 36.7 Å². The Morgan fingerprint density at radius 3 is 1.97 bits per heavy atom. The molecule has 1 aliphatic rings. The van der Waals surface area contributed by atoms with E-state index in [-0.39, 0.29) is 17.2 Å². The van der Waals surface area contributed by atoms with Gasteiger partial charge in [-0.3, -0.25) is 10.0 Å². The number of sulfonamides is 1. The maximum Gasteiger partial charge on any atom is 0.416 e. The number of hydrogen-bond donors (Lipinski definition) is 2. The van der Waals surface area contributed by atoms with Crippen molar-refractivity contribution in [2.75, 3.05) is 0 Å². The lowest BCUT2D eigenvalue weighted by molar-refractivity contribution is -0.169. The molecule has 1 heterocycles. The van der Waals surface area contributed by atoms with Crippen molar-refractivity contribution in [3.8, 4) is 11.1 Å². The highest BCUT2D eigenvalue weighted by atomic mass is 32.2. The largest absolute Gasteiger partial charge is 0.416 e. The fraction of sp³-hybridized carbons (Fsp3) is 0.350. The van der Waals surface area contributed by atoms with Crippen molar-refractivity contribution in [1.82, 2.24) is 9.79 Å². The van der Waals surface area contributed by atoms with Gasteiger partial charge in [-0.25, -0.2) is 13.5 Å². The molecule has 10 heteroatoms. The number of amides is 1. The third-order valence-electron chi connectivity index (χ3n) is 5.09. The molecule has 1 fully saturated rings. The van der Waals surface area contributed by atoms with Crippen LogP contribution in [0.15, 0.2) is 53.4 Å². The molecule has 0 aromatic heterocycles. The first kappa shape index (κ1) is 22.3. The number of hydroxylamine groups is 2. The summed E-state index contributed by atoms with van der Waals surface area (Å²) >= 11 is 0. The van der Waals surface area contributed by atoms with Gasteiger partial charge in [0.2, 0.25) is 10.0 Å². The van der Waals surface area contributed by atoms with Gasteiger partial charge in [-0.1, -0.05) is 38.1 Å². The van der Waals surface area contributed by atoms with E-state index in [1.54, 1.807) is 0 Å². The lowest BCUT2D eigenvalue weighted by Crippen LogP contribution is -2.41. The van der Waals surface area contributed by atoms with E-state index in [1.165, 1.54) is 36.4 Å². The minimum absolute atomic E-state index is 0.0449. The van der Waals surface area contributed by atoms with E-state index in [0.717, 1.165) is 12.1 Å². The zero-order chi connectivity index (χ0) is 22.3. The molecular weight excluding hydrogens is 421 g/mol. The van der Waals surface area contributed by atoms with E-state index < -0.39 is 39.8 Å². The number of carbonyl (C=O) groups is 1. The van der Waals surface area contributed by atoms with Crippen LogP contribution in [0.4, 0.5) is 13.2 Å². The second-order valence-corrected chi connectivity index (χ2v) is 9.22. The number of halogens is 3. The molecule has 0 bridgehead atoms. The number of alkyl halides is 3. The van der Waals surface area contributed by atoms with Crippen LogP contribution < -0.4 is 4.72 Å². The van der Waals surface area contributed by atoms with E-state index in [4.69, 9.17) is 0 Å². The first-order chi connectivity index (χ1) is 13.9. The Labute approximate surface area is 172 Å². The van der Waals surface area contributed by atoms with Gasteiger partial charge in [0.05, 0.1) is 16.5 Å². The quantitative estimate of drug-likeness (QED) is 0.692. The average Bonchev–Trinajstić information content (AvgIpc) is 2.96. The van der Waals surface area contributed by atoms with E-state index in [2.05, 4.69) is 4.72 Å². The van der Waals surface area contributed by atoms with Crippen molar-refractivity contribution >= 4 is 15.9 Å². The van der Waals surface area contributed by atoms with Crippen LogP contribution in [0, 0.1) is 5.92 Å². The molecule has 2 aromatic rings. The van der Waals surface area contributed by atoms with Gasteiger partial charge in [0.15, 0.2) is 0 Å². The maximum absolute atomic E-state index is 12.7. The Hall–Kier alpha value is -2.43. The van der Waals surface area contributed by atoms with Gasteiger partial charge in [-0.05, 0) is 47.7 Å². The van der Waals surface area contributed by atoms with E-state index in [0.29, 0.717) is 16.2 Å². The Balaban J connectivity index is 1.76. The molecule has 30 heavy (non-hydrogen) atoms. The van der Waals surface area contributed by atoms with Crippen molar-refractivity contribution in [1.29, 1.82) is 0 Å². The third kappa shape index (κ3) is 4.50. The number of benzene rings is 2. The molecule has 2 N–H and O–H groups in total. The first-order valence-corrected chi connectivity index (χ1v) is 10.7. The normalized spacial score (nSPS) is 20.2. The number of nitrogens with one attached hydrogen (secondary N) is 1. The van der Waals surface area contributed by atoms with Crippen LogP contribution in [0.3, 0.4) is 0 Å². The van der Waals surface area contributed by atoms with Crippen LogP contribution >= 0.6 is 0 Å². The molecule has 6 nitrogen and oxygen atoms in total. The van der Waals surface area contributed by atoms with E-state index in [1.807, 2.05) is 13.8 Å². The Bertz CT molecular complexity index is 1020. The van der Waals surface area contributed by atoms with Crippen molar-refractivity contribution in [2.24, 2.45) is 5.92 Å². The number of rotatable bonds is 5. The van der Waals surface area contributed by atoms with Crippen LogP contribution in [-0.2, 0) is 21.0 Å². The standard InChI is InChI=1S/C20H21F3N2O4S/c1-12(2)18-11-17(19(26)25(18)27)24-30(28,29)16-9-5-14(6-10-16)13-3-7-15(8-4-13)20(21,22)23/h3-10,12,17-18,24,27H,11H2,1-2H3/t17-,18-/m1/s1. The SMILES string of the molecule is CC(C)[C@H]1C[C@@H](NS(=O)(=O)c2ccc(-c3ccc(C(F)(F)F)cc3)cc2)C(=O)N1O. The molecule has 0 spiro atoms. The topological polar surface area (TPSA) is 86.7 Å². The molecule has 1 aliphatic heterocycles. The molecule has 2 atom stereocenters. The molecular formula is C20H21F3N2O4S. The predicted molar refractivity (Wildman–Crippen MR) is 103 cm³/mol. The van der Waals surface area contributed by atoms with Gasteiger partial charge in [-0.2, -0.15) is 17.9 Å². The molecule has 1 amide bonds. The van der Waals surface area contributed by atoms with Crippen LogP contribution in [0.1, 0.15) is 25.8 Å². The summed E-state index contributed by atoms with van der Waals surface area (Å²) in [5, 5.41) is 10.5. The van der Waals surface area contributed by atoms with Crippen LogP contribution in [0.2, 0.25) is 0 Å². The molecule has 0 saturated carbocycles. The minimum Gasteiger partial charge on any atom is -0.286 e. The van der Waals surface area contributed by atoms with Crippen molar-refractivity contribution in [3.63, 3.8) is 0 Å². The Morgan fingerprint density at radius 2 is 1.53 bits per heavy atom. The third-order valence-corrected chi connectivity index (χ3v) is 6.58. The number of hydrogen-bond acceptors (Lipinski definition) is 4. The molecule has 0 aliphatic carbocycles. The van der Waals surface area contributed by atoms with Crippen molar-refractivity contribution in [2.45, 2.75) is 43.4 Å². The van der Waals surface area contributed by atoms with Crippen molar-refractivity contribution < 1.29 is 31.6 Å². The Morgan fingerprint density at radius 1 is 1.03 bits per heavy atom. The highest BCUT2D eigenvalue weighted by molar-refractivity contribution is 7.89. The highest BCUT2D eigenvalue weighted by Crippen LogP contribution is 2.31. The maximum atomic E-state index is 12.7. The van der Waals surface area contributed by atoms with Crippen LogP contribution in [0.25, 0.3) is 11.1 Å². The summed E-state index contributed by atoms with van der Waals surface area (Å²) in [6.07, 6.45) is -4.28. The first-order valence-electron chi connectivity index (χ1n) is 9.22. The summed E-state index contributed by atoms with van der Waals surface area (Å²) in [6, 6.07) is 8.56. The molecule has 2 aromatic carbocycles. The van der Waals surface area contributed by atoms with Gasteiger partial charge >= 0.3 is 6.18 Å². The van der Waals surface area contributed by atoms with E-state index in [9.17, 15) is 31.6 Å². The summed E-state index contributed by atoms with van der Waals surface area (Å²) in [4.78, 5) is 12.0. The fourth-order valence-electron chi connectivity index (χ4n) is 3.35. The zero-order valence-electron chi connectivity index (χ0n) is 16.2. The minimum atomic E-state index is -4.43. The number of nitrogens with zero attached hydrogens (tertiary/aromatic N) is 1. The van der Waals surface area contributed by atoms with E-state index >= 15 is 0 Å². The molecule has 1 saturated heterocycles. The van der Waals surface area contributed by atoms with Gasteiger partial charge in [0, 0.05) is 0 Å².